The van der Waals surface area contributed by atoms with Crippen LogP contribution >= 0.6 is 0 Å². The summed E-state index contributed by atoms with van der Waals surface area (Å²) in [6.45, 7) is 3.23. The number of ether oxygens (including phenoxy) is 1. The van der Waals surface area contributed by atoms with Crippen LogP contribution < -0.4 is 10.2 Å². The number of aromatic nitrogens is 5. The zero-order chi connectivity index (χ0) is 19.7. The topological polar surface area (TPSA) is 98.1 Å². The maximum Gasteiger partial charge on any atom is 0.222 e. The molecule has 0 saturated carbocycles. The molecule has 1 amide bonds. The molecular formula is C19H23N7O2. The quantitative estimate of drug-likeness (QED) is 0.738. The Morgan fingerprint density at radius 1 is 1.29 bits per heavy atom. The minimum Gasteiger partial charge on any atom is -0.381 e. The SMILES string of the molecule is COC1CCN(c2cc3cnc(NC(C)=O)cc3nc2-c2cn(C)nn2)CC1. The van der Waals surface area contributed by atoms with Crippen LogP contribution in [0.2, 0.25) is 0 Å². The van der Waals surface area contributed by atoms with Gasteiger partial charge in [-0.3, -0.25) is 9.48 Å². The summed E-state index contributed by atoms with van der Waals surface area (Å²) in [5.41, 5.74) is 3.24. The molecule has 28 heavy (non-hydrogen) atoms. The fourth-order valence-electron chi connectivity index (χ4n) is 3.52. The summed E-state index contributed by atoms with van der Waals surface area (Å²) >= 11 is 0. The van der Waals surface area contributed by atoms with Crippen molar-refractivity contribution in [1.29, 1.82) is 0 Å². The van der Waals surface area contributed by atoms with Gasteiger partial charge in [0.05, 0.1) is 23.5 Å². The Balaban J connectivity index is 1.79. The zero-order valence-electron chi connectivity index (χ0n) is 16.2. The molecular weight excluding hydrogens is 358 g/mol. The normalized spacial score (nSPS) is 15.2. The highest BCUT2D eigenvalue weighted by atomic mass is 16.5. The van der Waals surface area contributed by atoms with E-state index in [-0.39, 0.29) is 5.91 Å². The number of methoxy groups -OCH3 is 1. The number of aryl methyl sites for hydroxylation is 1. The number of amides is 1. The molecule has 146 valence electrons. The van der Waals surface area contributed by atoms with Crippen molar-refractivity contribution in [1.82, 2.24) is 25.0 Å². The average Bonchev–Trinajstić information content (AvgIpc) is 3.13. The monoisotopic (exact) mass is 381 g/mol. The lowest BCUT2D eigenvalue weighted by atomic mass is 10.1. The third kappa shape index (κ3) is 3.65. The van der Waals surface area contributed by atoms with Gasteiger partial charge in [0.15, 0.2) is 0 Å². The number of anilines is 2. The van der Waals surface area contributed by atoms with Gasteiger partial charge in [0.1, 0.15) is 17.2 Å². The third-order valence-corrected chi connectivity index (χ3v) is 4.94. The second-order valence-electron chi connectivity index (χ2n) is 7.00. The molecule has 0 spiro atoms. The highest BCUT2D eigenvalue weighted by Gasteiger charge is 2.23. The first kappa shape index (κ1) is 18.3. The molecule has 0 aliphatic carbocycles. The molecule has 3 aromatic rings. The molecule has 0 bridgehead atoms. The van der Waals surface area contributed by atoms with Crippen LogP contribution in [-0.4, -0.2) is 57.2 Å². The Kier molecular flexibility index (Phi) is 4.91. The number of carbonyl (C=O) groups is 1. The van der Waals surface area contributed by atoms with Crippen LogP contribution in [0.15, 0.2) is 24.5 Å². The largest absolute Gasteiger partial charge is 0.381 e. The van der Waals surface area contributed by atoms with Crippen LogP contribution in [0.4, 0.5) is 11.5 Å². The molecule has 9 nitrogen and oxygen atoms in total. The van der Waals surface area contributed by atoms with E-state index in [4.69, 9.17) is 9.72 Å². The second-order valence-corrected chi connectivity index (χ2v) is 7.00. The molecule has 0 radical (unpaired) electrons. The van der Waals surface area contributed by atoms with Crippen molar-refractivity contribution < 1.29 is 9.53 Å². The first-order valence-electron chi connectivity index (χ1n) is 9.26. The van der Waals surface area contributed by atoms with Gasteiger partial charge in [-0.2, -0.15) is 0 Å². The van der Waals surface area contributed by atoms with E-state index in [0.717, 1.165) is 48.2 Å². The number of carbonyl (C=O) groups excluding carboxylic acids is 1. The molecule has 3 aromatic heterocycles. The number of hydrogen-bond acceptors (Lipinski definition) is 7. The number of piperidine rings is 1. The molecule has 0 unspecified atom stereocenters. The minimum atomic E-state index is -0.168. The lowest BCUT2D eigenvalue weighted by molar-refractivity contribution is -0.114. The summed E-state index contributed by atoms with van der Waals surface area (Å²) in [6.07, 6.45) is 5.82. The molecule has 9 heteroatoms. The van der Waals surface area contributed by atoms with Crippen molar-refractivity contribution in [3.05, 3.63) is 24.5 Å². The Morgan fingerprint density at radius 2 is 2.07 bits per heavy atom. The Bertz CT molecular complexity index is 1010. The van der Waals surface area contributed by atoms with E-state index in [1.165, 1.54) is 6.92 Å². The molecule has 1 aliphatic heterocycles. The lowest BCUT2D eigenvalue weighted by Gasteiger charge is -2.33. The van der Waals surface area contributed by atoms with Gasteiger partial charge >= 0.3 is 0 Å². The van der Waals surface area contributed by atoms with E-state index >= 15 is 0 Å². The Labute approximate surface area is 162 Å². The minimum absolute atomic E-state index is 0.168. The van der Waals surface area contributed by atoms with Crippen molar-refractivity contribution >= 4 is 28.3 Å². The standard InChI is InChI=1S/C19H23N7O2/c1-12(27)21-18-9-15-13(10-20-18)8-17(26-6-4-14(28-3)5-7-26)19(22-15)16-11-25(2)24-23-16/h8-11,14H,4-7H2,1-3H3,(H,20,21,27). The van der Waals surface area contributed by atoms with Gasteiger partial charge in [-0.1, -0.05) is 5.21 Å². The van der Waals surface area contributed by atoms with Gasteiger partial charge in [-0.15, -0.1) is 5.10 Å². The number of hydrogen-bond donors (Lipinski definition) is 1. The van der Waals surface area contributed by atoms with Gasteiger partial charge < -0.3 is 15.0 Å². The molecule has 4 rings (SSSR count). The summed E-state index contributed by atoms with van der Waals surface area (Å²) in [5, 5.41) is 11.9. The van der Waals surface area contributed by atoms with Gasteiger partial charge in [0, 0.05) is 51.8 Å². The summed E-state index contributed by atoms with van der Waals surface area (Å²) < 4.78 is 7.16. The van der Waals surface area contributed by atoms with Gasteiger partial charge in [-0.25, -0.2) is 9.97 Å². The van der Waals surface area contributed by atoms with Crippen LogP contribution in [0.1, 0.15) is 19.8 Å². The molecule has 4 heterocycles. The van der Waals surface area contributed by atoms with Gasteiger partial charge in [0.2, 0.25) is 5.91 Å². The molecule has 1 fully saturated rings. The van der Waals surface area contributed by atoms with Crippen LogP contribution in [0.25, 0.3) is 22.3 Å². The van der Waals surface area contributed by atoms with Crippen molar-refractivity contribution in [2.45, 2.75) is 25.9 Å². The third-order valence-electron chi connectivity index (χ3n) is 4.94. The van der Waals surface area contributed by atoms with E-state index in [0.29, 0.717) is 17.6 Å². The maximum atomic E-state index is 11.3. The fourth-order valence-corrected chi connectivity index (χ4v) is 3.52. The average molecular weight is 381 g/mol. The van der Waals surface area contributed by atoms with Gasteiger partial charge in [0.25, 0.3) is 0 Å². The predicted octanol–water partition coefficient (Wildman–Crippen LogP) is 2.00. The van der Waals surface area contributed by atoms with Crippen molar-refractivity contribution in [2.24, 2.45) is 7.05 Å². The number of rotatable bonds is 4. The fraction of sp³-hybridized carbons (Fsp3) is 0.421. The summed E-state index contributed by atoms with van der Waals surface area (Å²) in [6, 6.07) is 3.86. The van der Waals surface area contributed by atoms with E-state index in [9.17, 15) is 4.79 Å². The lowest BCUT2D eigenvalue weighted by Crippen LogP contribution is -2.37. The second kappa shape index (κ2) is 7.51. The van der Waals surface area contributed by atoms with Gasteiger partial charge in [-0.05, 0) is 18.9 Å². The molecule has 0 atom stereocenters. The first-order chi connectivity index (χ1) is 13.5. The van der Waals surface area contributed by atoms with Crippen LogP contribution in [0, 0.1) is 0 Å². The van der Waals surface area contributed by atoms with Crippen molar-refractivity contribution in [2.75, 3.05) is 30.4 Å². The predicted molar refractivity (Wildman–Crippen MR) is 106 cm³/mol. The van der Waals surface area contributed by atoms with Crippen LogP contribution in [0.5, 0.6) is 0 Å². The number of pyridine rings is 2. The van der Waals surface area contributed by atoms with Crippen molar-refractivity contribution in [3.63, 3.8) is 0 Å². The van der Waals surface area contributed by atoms with E-state index < -0.39 is 0 Å². The molecule has 1 N–H and O–H groups in total. The number of nitrogens with one attached hydrogen (secondary N) is 1. The van der Waals surface area contributed by atoms with E-state index in [1.807, 2.05) is 13.2 Å². The molecule has 1 saturated heterocycles. The Morgan fingerprint density at radius 3 is 2.71 bits per heavy atom. The summed E-state index contributed by atoms with van der Waals surface area (Å²) in [7, 11) is 3.60. The van der Waals surface area contributed by atoms with E-state index in [1.54, 1.807) is 24.1 Å². The smallest absolute Gasteiger partial charge is 0.222 e. The zero-order valence-corrected chi connectivity index (χ0v) is 16.2. The number of nitrogens with zero attached hydrogens (tertiary/aromatic N) is 6. The first-order valence-corrected chi connectivity index (χ1v) is 9.26. The highest BCUT2D eigenvalue weighted by Crippen LogP contribution is 2.33. The molecule has 0 aromatic carbocycles. The summed E-state index contributed by atoms with van der Waals surface area (Å²) in [4.78, 5) is 22.8. The molecule has 1 aliphatic rings. The van der Waals surface area contributed by atoms with Crippen LogP contribution in [0.3, 0.4) is 0 Å². The van der Waals surface area contributed by atoms with E-state index in [2.05, 4.69) is 31.6 Å². The van der Waals surface area contributed by atoms with Crippen molar-refractivity contribution in [3.8, 4) is 11.4 Å². The summed E-state index contributed by atoms with van der Waals surface area (Å²) in [5.74, 6) is 0.310. The Hall–Kier alpha value is -3.07. The maximum absolute atomic E-state index is 11.3. The van der Waals surface area contributed by atoms with Crippen LogP contribution in [-0.2, 0) is 16.6 Å². The number of fused-ring (bicyclic) bond motifs is 1. The highest BCUT2D eigenvalue weighted by molar-refractivity contribution is 5.92.